The molecule has 0 amide bonds. The van der Waals surface area contributed by atoms with Crippen LogP contribution in [0.3, 0.4) is 0 Å². The molecule has 1 heterocycles. The zero-order chi connectivity index (χ0) is 30.1. The summed E-state index contributed by atoms with van der Waals surface area (Å²) < 4.78 is 6.49. The molecule has 8 rings (SSSR count). The molecule has 212 valence electrons. The van der Waals surface area contributed by atoms with Crippen LogP contribution in [0.1, 0.15) is 49.9 Å². The summed E-state index contributed by atoms with van der Waals surface area (Å²) in [5, 5.41) is 3.58. The molecule has 1 aliphatic heterocycles. The number of nitrogens with one attached hydrogen (secondary N) is 1. The summed E-state index contributed by atoms with van der Waals surface area (Å²) >= 11 is 0. The Morgan fingerprint density at radius 2 is 1.18 bits per heavy atom. The summed E-state index contributed by atoms with van der Waals surface area (Å²) in [6.45, 7) is 9.18. The summed E-state index contributed by atoms with van der Waals surface area (Å²) in [5.41, 5.74) is 14.4. The summed E-state index contributed by atoms with van der Waals surface area (Å²) in [6.07, 6.45) is 7.47. The van der Waals surface area contributed by atoms with Crippen molar-refractivity contribution in [3.63, 3.8) is 0 Å². The lowest BCUT2D eigenvalue weighted by Gasteiger charge is -2.33. The third-order valence-corrected chi connectivity index (χ3v) is 9.68. The third-order valence-electron chi connectivity index (χ3n) is 9.68. The van der Waals surface area contributed by atoms with Gasteiger partial charge < -0.3 is 10.1 Å². The van der Waals surface area contributed by atoms with Crippen LogP contribution >= 0.6 is 0 Å². The van der Waals surface area contributed by atoms with Crippen molar-refractivity contribution >= 4 is 16.9 Å². The lowest BCUT2D eigenvalue weighted by atomic mass is 9.72. The van der Waals surface area contributed by atoms with Crippen LogP contribution in [0.25, 0.3) is 27.8 Å². The molecule has 0 aromatic heterocycles. The molecule has 2 heteroatoms. The highest BCUT2D eigenvalue weighted by Crippen LogP contribution is 2.50. The average Bonchev–Trinajstić information content (AvgIpc) is 3.28. The van der Waals surface area contributed by atoms with E-state index in [-0.39, 0.29) is 10.8 Å². The number of hydrogen-bond donors (Lipinski definition) is 1. The van der Waals surface area contributed by atoms with Crippen LogP contribution in [0.5, 0.6) is 5.75 Å². The summed E-state index contributed by atoms with van der Waals surface area (Å²) in [4.78, 5) is 0. The van der Waals surface area contributed by atoms with Gasteiger partial charge in [0.05, 0.1) is 5.41 Å². The van der Waals surface area contributed by atoms with Crippen molar-refractivity contribution in [3.05, 3.63) is 167 Å². The maximum absolute atomic E-state index is 6.49. The van der Waals surface area contributed by atoms with Gasteiger partial charge in [-0.15, -0.1) is 0 Å². The van der Waals surface area contributed by atoms with Gasteiger partial charge in [0.1, 0.15) is 29.0 Å². The number of allylic oxidation sites excluding steroid dienone is 5. The predicted octanol–water partition coefficient (Wildman–Crippen LogP) is 10.8. The van der Waals surface area contributed by atoms with Crippen molar-refractivity contribution in [2.24, 2.45) is 0 Å². The van der Waals surface area contributed by atoms with Crippen LogP contribution in [-0.4, -0.2) is 0 Å². The van der Waals surface area contributed by atoms with Gasteiger partial charge in [0, 0.05) is 34.0 Å². The summed E-state index contributed by atoms with van der Waals surface area (Å²) in [5.74, 6) is 1.84. The second kappa shape index (κ2) is 9.67. The van der Waals surface area contributed by atoms with E-state index in [9.17, 15) is 0 Å². The second-order valence-corrected chi connectivity index (χ2v) is 13.0. The van der Waals surface area contributed by atoms with Crippen molar-refractivity contribution in [2.45, 2.75) is 38.5 Å². The monoisotopic (exact) mass is 568 g/mol. The van der Waals surface area contributed by atoms with Crippen LogP contribution < -0.4 is 10.1 Å². The van der Waals surface area contributed by atoms with Gasteiger partial charge in [0.15, 0.2) is 0 Å². The molecule has 0 spiro atoms. The minimum Gasteiger partial charge on any atom is -0.432 e. The number of anilines is 2. The smallest absolute Gasteiger partial charge is 0.250 e. The van der Waals surface area contributed by atoms with E-state index >= 15 is 0 Å². The minimum absolute atomic E-state index is 0.000501. The van der Waals surface area contributed by atoms with E-state index in [1.165, 1.54) is 38.9 Å². The zero-order valence-electron chi connectivity index (χ0n) is 25.5. The standard InChI is InChI=1S/C42H34NO/c1-41(2)35-12-6-5-10-33(35)34-25-20-29(26-38(34)41)27-16-21-30(22-17-27)43-31-23-18-28(19-24-31)32-11-9-14-37-40(32)44-39-15-8-7-13-36(39)42(37,3)4/h5-8,10-26,43H,1-4H3/q+1. The number of fused-ring (bicyclic) bond motifs is 5. The molecular formula is C42H34NO+. The summed E-state index contributed by atoms with van der Waals surface area (Å²) in [7, 11) is 0. The molecule has 0 radical (unpaired) electrons. The maximum atomic E-state index is 6.49. The molecule has 3 aliphatic rings. The Labute approximate surface area is 260 Å². The lowest BCUT2D eigenvalue weighted by Crippen LogP contribution is -2.30. The Hall–Kier alpha value is -5.17. The molecule has 0 unspecified atom stereocenters. The molecule has 0 saturated carbocycles. The van der Waals surface area contributed by atoms with E-state index < -0.39 is 0 Å². The van der Waals surface area contributed by atoms with E-state index in [0.717, 1.165) is 39.6 Å². The Morgan fingerprint density at radius 1 is 0.568 bits per heavy atom. The number of para-hydroxylation sites is 1. The quantitative estimate of drug-likeness (QED) is 0.218. The second-order valence-electron chi connectivity index (χ2n) is 13.0. The van der Waals surface area contributed by atoms with E-state index in [1.807, 2.05) is 12.1 Å². The Balaban J connectivity index is 1.03. The molecule has 0 atom stereocenters. The first-order chi connectivity index (χ1) is 21.3. The van der Waals surface area contributed by atoms with Crippen LogP contribution in [0.2, 0.25) is 0 Å². The van der Waals surface area contributed by atoms with Crippen LogP contribution in [0.4, 0.5) is 11.4 Å². The molecule has 0 bridgehead atoms. The highest BCUT2D eigenvalue weighted by molar-refractivity contribution is 5.85. The SMILES string of the molecule is CC1(C)C2=C[C+]=CC(c3ccc(Nc4ccc(-c5ccc6c(c5)C(C)(C)c5ccccc5-6)cc4)cc3)=C2Oc2ccccc21. The molecular weight excluding hydrogens is 534 g/mol. The van der Waals surface area contributed by atoms with Gasteiger partial charge in [-0.1, -0.05) is 80.6 Å². The van der Waals surface area contributed by atoms with Gasteiger partial charge in [-0.2, -0.15) is 0 Å². The van der Waals surface area contributed by atoms with E-state index in [2.05, 4.69) is 154 Å². The Morgan fingerprint density at radius 3 is 1.93 bits per heavy atom. The number of ether oxygens (including phenoxy) is 1. The highest BCUT2D eigenvalue weighted by Gasteiger charge is 2.44. The first-order valence-electron chi connectivity index (χ1n) is 15.3. The van der Waals surface area contributed by atoms with Gasteiger partial charge in [0.2, 0.25) is 0 Å². The Bertz CT molecular complexity index is 2040. The fourth-order valence-electron chi connectivity index (χ4n) is 7.13. The van der Waals surface area contributed by atoms with Crippen LogP contribution in [-0.2, 0) is 10.8 Å². The van der Waals surface area contributed by atoms with Gasteiger partial charge in [-0.3, -0.25) is 0 Å². The van der Waals surface area contributed by atoms with E-state index in [4.69, 9.17) is 4.74 Å². The van der Waals surface area contributed by atoms with Gasteiger partial charge in [-0.25, -0.2) is 0 Å². The normalized spacial score (nSPS) is 16.5. The van der Waals surface area contributed by atoms with E-state index in [1.54, 1.807) is 0 Å². The molecule has 0 saturated heterocycles. The van der Waals surface area contributed by atoms with Crippen LogP contribution in [0, 0.1) is 6.08 Å². The maximum Gasteiger partial charge on any atom is 0.250 e. The predicted molar refractivity (Wildman–Crippen MR) is 182 cm³/mol. The van der Waals surface area contributed by atoms with Crippen molar-refractivity contribution in [3.8, 4) is 28.0 Å². The van der Waals surface area contributed by atoms with E-state index in [0.29, 0.717) is 0 Å². The topological polar surface area (TPSA) is 21.3 Å². The molecule has 44 heavy (non-hydrogen) atoms. The first kappa shape index (κ1) is 26.5. The molecule has 5 aromatic carbocycles. The molecule has 1 N–H and O–H groups in total. The van der Waals surface area contributed by atoms with Crippen molar-refractivity contribution in [1.82, 2.24) is 0 Å². The largest absolute Gasteiger partial charge is 0.432 e. The highest BCUT2D eigenvalue weighted by atomic mass is 16.5. The van der Waals surface area contributed by atoms with Gasteiger partial charge in [0.25, 0.3) is 5.76 Å². The lowest BCUT2D eigenvalue weighted by molar-refractivity contribution is 0.374. The molecule has 0 fully saturated rings. The molecule has 5 aromatic rings. The Kier molecular flexibility index (Phi) is 5.82. The zero-order valence-corrected chi connectivity index (χ0v) is 25.5. The number of benzene rings is 5. The van der Waals surface area contributed by atoms with Crippen LogP contribution in [0.15, 0.2) is 139 Å². The van der Waals surface area contributed by atoms with Gasteiger partial charge in [-0.05, 0) is 95.8 Å². The first-order valence-corrected chi connectivity index (χ1v) is 15.3. The van der Waals surface area contributed by atoms with Gasteiger partial charge >= 0.3 is 0 Å². The fourth-order valence-corrected chi connectivity index (χ4v) is 7.13. The van der Waals surface area contributed by atoms with Crippen molar-refractivity contribution in [2.75, 3.05) is 5.32 Å². The summed E-state index contributed by atoms with van der Waals surface area (Å²) in [6, 6.07) is 41.3. The number of rotatable bonds is 4. The average molecular weight is 569 g/mol. The third kappa shape index (κ3) is 4.07. The molecule has 2 aliphatic carbocycles. The fraction of sp³-hybridized carbons (Fsp3) is 0.143. The minimum atomic E-state index is -0.161. The molecule has 2 nitrogen and oxygen atoms in total. The van der Waals surface area contributed by atoms with Crippen molar-refractivity contribution in [1.29, 1.82) is 0 Å². The van der Waals surface area contributed by atoms with Crippen molar-refractivity contribution < 1.29 is 4.74 Å². The number of hydrogen-bond acceptors (Lipinski definition) is 2.